The standard InChI is InChI=1S/C12H22N2O4/c1-11(10(13)15)8-14(4-7-18-11)9-12(16)2-5-17-6-3-12/h16H,2-9H2,1H3,(H2,13,15)/t11-/m1/s1. The predicted molar refractivity (Wildman–Crippen MR) is 65.0 cm³/mol. The van der Waals surface area contributed by atoms with Crippen molar-refractivity contribution in [3.05, 3.63) is 0 Å². The highest BCUT2D eigenvalue weighted by Crippen LogP contribution is 2.24. The SMILES string of the molecule is C[C@]1(C(N)=O)CN(CC2(O)CCOCC2)CCO1. The number of nitrogens with two attached hydrogens (primary N) is 1. The van der Waals surface area contributed by atoms with E-state index < -0.39 is 17.1 Å². The fraction of sp³-hybridized carbons (Fsp3) is 0.917. The van der Waals surface area contributed by atoms with E-state index in [0.717, 1.165) is 0 Å². The van der Waals surface area contributed by atoms with E-state index in [0.29, 0.717) is 52.3 Å². The number of hydrogen-bond donors (Lipinski definition) is 2. The van der Waals surface area contributed by atoms with Crippen molar-refractivity contribution in [2.75, 3.05) is 39.5 Å². The molecule has 0 unspecified atom stereocenters. The Labute approximate surface area is 107 Å². The Hall–Kier alpha value is -0.690. The average Bonchev–Trinajstić information content (AvgIpc) is 2.29. The van der Waals surface area contributed by atoms with Crippen LogP contribution in [-0.2, 0) is 14.3 Å². The van der Waals surface area contributed by atoms with Crippen molar-refractivity contribution >= 4 is 5.91 Å². The molecule has 18 heavy (non-hydrogen) atoms. The zero-order valence-electron chi connectivity index (χ0n) is 10.9. The maximum atomic E-state index is 11.4. The second-order valence-electron chi connectivity index (χ2n) is 5.49. The van der Waals surface area contributed by atoms with Gasteiger partial charge in [0.15, 0.2) is 5.60 Å². The van der Waals surface area contributed by atoms with Gasteiger partial charge in [-0.15, -0.1) is 0 Å². The number of amides is 1. The van der Waals surface area contributed by atoms with Crippen LogP contribution in [0.2, 0.25) is 0 Å². The molecule has 0 aliphatic carbocycles. The summed E-state index contributed by atoms with van der Waals surface area (Å²) in [5.74, 6) is -0.453. The van der Waals surface area contributed by atoms with Crippen molar-refractivity contribution in [2.24, 2.45) is 5.73 Å². The molecular formula is C12H22N2O4. The molecule has 0 saturated carbocycles. The number of hydrogen-bond acceptors (Lipinski definition) is 5. The molecule has 0 spiro atoms. The van der Waals surface area contributed by atoms with E-state index in [9.17, 15) is 9.90 Å². The monoisotopic (exact) mass is 258 g/mol. The van der Waals surface area contributed by atoms with Crippen molar-refractivity contribution in [3.63, 3.8) is 0 Å². The Bertz CT molecular complexity index is 317. The van der Waals surface area contributed by atoms with Crippen molar-refractivity contribution in [3.8, 4) is 0 Å². The lowest BCUT2D eigenvalue weighted by Gasteiger charge is -2.43. The van der Waals surface area contributed by atoms with Crippen LogP contribution < -0.4 is 5.73 Å². The topological polar surface area (TPSA) is 85.0 Å². The summed E-state index contributed by atoms with van der Waals surface area (Å²) in [6.07, 6.45) is 1.27. The maximum Gasteiger partial charge on any atom is 0.250 e. The third kappa shape index (κ3) is 3.00. The molecule has 1 amide bonds. The van der Waals surface area contributed by atoms with Gasteiger partial charge in [0.25, 0.3) is 5.91 Å². The lowest BCUT2D eigenvalue weighted by molar-refractivity contribution is -0.159. The molecule has 0 bridgehead atoms. The van der Waals surface area contributed by atoms with Crippen molar-refractivity contribution < 1.29 is 19.4 Å². The van der Waals surface area contributed by atoms with Gasteiger partial charge < -0.3 is 20.3 Å². The van der Waals surface area contributed by atoms with Gasteiger partial charge in [-0.2, -0.15) is 0 Å². The summed E-state index contributed by atoms with van der Waals surface area (Å²) in [6, 6.07) is 0. The molecule has 6 nitrogen and oxygen atoms in total. The van der Waals surface area contributed by atoms with E-state index in [-0.39, 0.29) is 0 Å². The van der Waals surface area contributed by atoms with Crippen LogP contribution >= 0.6 is 0 Å². The molecule has 104 valence electrons. The molecule has 2 heterocycles. The van der Waals surface area contributed by atoms with E-state index in [4.69, 9.17) is 15.2 Å². The third-order valence-corrected chi connectivity index (χ3v) is 3.82. The number of nitrogens with zero attached hydrogens (tertiary/aromatic N) is 1. The summed E-state index contributed by atoms with van der Waals surface area (Å²) in [5.41, 5.74) is 3.70. The lowest BCUT2D eigenvalue weighted by atomic mass is 9.92. The van der Waals surface area contributed by atoms with Gasteiger partial charge in [-0.25, -0.2) is 0 Å². The smallest absolute Gasteiger partial charge is 0.250 e. The predicted octanol–water partition coefficient (Wildman–Crippen LogP) is -0.896. The molecule has 2 aliphatic rings. The zero-order valence-corrected chi connectivity index (χ0v) is 10.9. The van der Waals surface area contributed by atoms with Crippen molar-refractivity contribution in [1.29, 1.82) is 0 Å². The van der Waals surface area contributed by atoms with Crippen molar-refractivity contribution in [1.82, 2.24) is 4.90 Å². The minimum Gasteiger partial charge on any atom is -0.388 e. The second kappa shape index (κ2) is 5.13. The Morgan fingerprint density at radius 3 is 2.67 bits per heavy atom. The quantitative estimate of drug-likeness (QED) is 0.685. The molecule has 0 aromatic carbocycles. The van der Waals surface area contributed by atoms with Crippen molar-refractivity contribution in [2.45, 2.75) is 31.0 Å². The number of morpholine rings is 1. The molecule has 1 atom stereocenters. The summed E-state index contributed by atoms with van der Waals surface area (Å²) >= 11 is 0. The van der Waals surface area contributed by atoms with Crippen LogP contribution in [0.5, 0.6) is 0 Å². The van der Waals surface area contributed by atoms with Gasteiger partial charge in [-0.3, -0.25) is 9.69 Å². The first-order chi connectivity index (χ1) is 8.44. The molecule has 2 fully saturated rings. The molecule has 2 aliphatic heterocycles. The third-order valence-electron chi connectivity index (χ3n) is 3.82. The Balaban J connectivity index is 1.95. The fourth-order valence-electron chi connectivity index (χ4n) is 2.56. The number of primary amides is 1. The van der Waals surface area contributed by atoms with Gasteiger partial charge >= 0.3 is 0 Å². The van der Waals surface area contributed by atoms with Gasteiger partial charge in [0.05, 0.1) is 12.2 Å². The lowest BCUT2D eigenvalue weighted by Crippen LogP contribution is -2.60. The number of rotatable bonds is 3. The van der Waals surface area contributed by atoms with Gasteiger partial charge in [-0.1, -0.05) is 0 Å². The Morgan fingerprint density at radius 1 is 1.39 bits per heavy atom. The first-order valence-corrected chi connectivity index (χ1v) is 6.40. The molecule has 0 aromatic heterocycles. The Kier molecular flexibility index (Phi) is 3.91. The first-order valence-electron chi connectivity index (χ1n) is 6.40. The van der Waals surface area contributed by atoms with E-state index in [1.54, 1.807) is 6.92 Å². The van der Waals surface area contributed by atoms with Gasteiger partial charge in [0.2, 0.25) is 0 Å². The van der Waals surface area contributed by atoms with Crippen LogP contribution in [0.25, 0.3) is 0 Å². The zero-order chi connectivity index (χ0) is 13.2. The summed E-state index contributed by atoms with van der Waals surface area (Å²) in [6.45, 7) is 5.05. The number of carbonyl (C=O) groups is 1. The second-order valence-corrected chi connectivity index (χ2v) is 5.49. The largest absolute Gasteiger partial charge is 0.388 e. The Morgan fingerprint density at radius 2 is 2.06 bits per heavy atom. The molecule has 2 saturated heterocycles. The van der Waals surface area contributed by atoms with Crippen LogP contribution in [0, 0.1) is 0 Å². The first kappa shape index (κ1) is 13.7. The fourth-order valence-corrected chi connectivity index (χ4v) is 2.56. The van der Waals surface area contributed by atoms with Gasteiger partial charge in [0.1, 0.15) is 0 Å². The highest BCUT2D eigenvalue weighted by atomic mass is 16.5. The van der Waals surface area contributed by atoms with Gasteiger partial charge in [0, 0.05) is 45.7 Å². The van der Waals surface area contributed by atoms with Gasteiger partial charge in [-0.05, 0) is 6.92 Å². The minimum atomic E-state index is -0.945. The molecule has 3 N–H and O–H groups in total. The summed E-state index contributed by atoms with van der Waals surface area (Å²) in [5, 5.41) is 10.5. The summed E-state index contributed by atoms with van der Waals surface area (Å²) in [7, 11) is 0. The normalized spacial score (nSPS) is 33.2. The maximum absolute atomic E-state index is 11.4. The number of aliphatic hydroxyl groups is 1. The summed E-state index contributed by atoms with van der Waals surface area (Å²) < 4.78 is 10.7. The van der Waals surface area contributed by atoms with Crippen LogP contribution in [0.4, 0.5) is 0 Å². The average molecular weight is 258 g/mol. The van der Waals surface area contributed by atoms with Crippen LogP contribution in [-0.4, -0.2) is 66.6 Å². The van der Waals surface area contributed by atoms with E-state index in [2.05, 4.69) is 4.90 Å². The molecule has 0 radical (unpaired) electrons. The summed E-state index contributed by atoms with van der Waals surface area (Å²) in [4.78, 5) is 13.4. The molecule has 0 aromatic rings. The molecule has 2 rings (SSSR count). The number of β-amino-alcohol motifs (C(OH)–C–C–N with tert-alkyl or cyclic N) is 1. The molecular weight excluding hydrogens is 236 g/mol. The minimum absolute atomic E-state index is 0.436. The van der Waals surface area contributed by atoms with E-state index >= 15 is 0 Å². The highest BCUT2D eigenvalue weighted by molar-refractivity contribution is 5.83. The van der Waals surface area contributed by atoms with E-state index in [1.807, 2.05) is 0 Å². The number of carbonyl (C=O) groups excluding carboxylic acids is 1. The van der Waals surface area contributed by atoms with E-state index in [1.165, 1.54) is 0 Å². The van der Waals surface area contributed by atoms with Crippen LogP contribution in [0.15, 0.2) is 0 Å². The van der Waals surface area contributed by atoms with Crippen LogP contribution in [0.1, 0.15) is 19.8 Å². The number of ether oxygens (including phenoxy) is 2. The highest BCUT2D eigenvalue weighted by Gasteiger charge is 2.40. The van der Waals surface area contributed by atoms with Crippen LogP contribution in [0.3, 0.4) is 0 Å². The molecule has 6 heteroatoms.